The van der Waals surface area contributed by atoms with E-state index >= 15 is 0 Å². The molecule has 1 N–H and O–H groups in total. The van der Waals surface area contributed by atoms with Crippen LogP contribution < -0.4 is 5.32 Å². The van der Waals surface area contributed by atoms with Gasteiger partial charge in [-0.05, 0) is 73.5 Å². The summed E-state index contributed by atoms with van der Waals surface area (Å²) in [6.07, 6.45) is 0. The molecule has 4 aromatic rings. The number of aryl methyl sites for hydroxylation is 2. The van der Waals surface area contributed by atoms with Gasteiger partial charge >= 0.3 is 0 Å². The number of para-hydroxylation sites is 2. The molecule has 0 saturated carbocycles. The van der Waals surface area contributed by atoms with Crippen LogP contribution in [-0.2, 0) is 9.47 Å². The summed E-state index contributed by atoms with van der Waals surface area (Å²) in [4.78, 5) is 22.1. The highest BCUT2D eigenvalue weighted by Gasteiger charge is 2.06. The maximum atomic E-state index is 5.83. The molecule has 0 aliphatic rings. The second-order valence-corrected chi connectivity index (χ2v) is 8.67. The molecular formula is C32H30N6O2. The minimum Gasteiger partial charge on any atom is -0.462 e. The number of methoxy groups -OCH3 is 1. The Morgan fingerprint density at radius 3 is 1.90 bits per heavy atom. The fraction of sp³-hybridized carbons (Fsp3) is 0.156. The van der Waals surface area contributed by atoms with Gasteiger partial charge in [-0.2, -0.15) is 25.0 Å². The predicted octanol–water partition coefficient (Wildman–Crippen LogP) is 8.34. The van der Waals surface area contributed by atoms with Crippen molar-refractivity contribution in [1.82, 2.24) is 0 Å². The first-order valence-electron chi connectivity index (χ1n) is 12.7. The van der Waals surface area contributed by atoms with Crippen LogP contribution in [-0.4, -0.2) is 38.4 Å². The second kappa shape index (κ2) is 14.7. The van der Waals surface area contributed by atoms with E-state index in [4.69, 9.17) is 14.5 Å². The van der Waals surface area contributed by atoms with E-state index in [1.807, 2.05) is 111 Å². The van der Waals surface area contributed by atoms with Crippen LogP contribution in [0.25, 0.3) is 0 Å². The average Bonchev–Trinajstić information content (AvgIpc) is 2.97. The van der Waals surface area contributed by atoms with E-state index in [9.17, 15) is 0 Å². The molecular weight excluding hydrogens is 500 g/mol. The fourth-order valence-corrected chi connectivity index (χ4v) is 3.43. The first-order valence-corrected chi connectivity index (χ1v) is 12.7. The van der Waals surface area contributed by atoms with E-state index in [0.29, 0.717) is 36.3 Å². The predicted molar refractivity (Wildman–Crippen MR) is 162 cm³/mol. The summed E-state index contributed by atoms with van der Waals surface area (Å²) < 4.78 is 10.9. The molecule has 0 fully saturated rings. The van der Waals surface area contributed by atoms with Gasteiger partial charge in [0.2, 0.25) is 0 Å². The number of nitrogens with zero attached hydrogens (tertiary/aromatic N) is 5. The summed E-state index contributed by atoms with van der Waals surface area (Å²) in [5.41, 5.74) is 6.37. The maximum Gasteiger partial charge on any atom is 0.294 e. The number of hydrogen-bond acceptors (Lipinski definition) is 7. The van der Waals surface area contributed by atoms with Gasteiger partial charge in [-0.15, -0.1) is 0 Å². The largest absolute Gasteiger partial charge is 0.462 e. The number of benzene rings is 4. The number of hydrogen-bond donors (Lipinski definition) is 1. The zero-order valence-electron chi connectivity index (χ0n) is 22.7. The number of rotatable bonds is 9. The highest BCUT2D eigenvalue weighted by atomic mass is 16.5. The normalized spacial score (nSPS) is 10.6. The van der Waals surface area contributed by atoms with E-state index in [0.717, 1.165) is 28.2 Å². The van der Waals surface area contributed by atoms with Crippen molar-refractivity contribution in [1.29, 1.82) is 0 Å². The molecule has 4 aromatic carbocycles. The Morgan fingerprint density at radius 1 is 0.650 bits per heavy atom. The van der Waals surface area contributed by atoms with Gasteiger partial charge in [-0.3, -0.25) is 0 Å². The van der Waals surface area contributed by atoms with Gasteiger partial charge in [-0.1, -0.05) is 48.5 Å². The molecule has 0 amide bonds. The summed E-state index contributed by atoms with van der Waals surface area (Å²) in [7, 11) is 1.63. The zero-order valence-corrected chi connectivity index (χ0v) is 22.7. The Kier molecular flexibility index (Phi) is 10.3. The van der Waals surface area contributed by atoms with Crippen molar-refractivity contribution in [3.05, 3.63) is 108 Å². The van der Waals surface area contributed by atoms with E-state index in [1.54, 1.807) is 7.11 Å². The first-order chi connectivity index (χ1) is 19.6. The summed E-state index contributed by atoms with van der Waals surface area (Å²) >= 11 is 0. The van der Waals surface area contributed by atoms with Gasteiger partial charge in [0.1, 0.15) is 18.6 Å². The van der Waals surface area contributed by atoms with Gasteiger partial charge in [-0.25, -0.2) is 0 Å². The number of nitrogens with one attached hydrogen (secondary N) is 1. The number of amidine groups is 1. The third-order valence-corrected chi connectivity index (χ3v) is 5.62. The molecule has 0 spiro atoms. The lowest BCUT2D eigenvalue weighted by Gasteiger charge is -2.12. The molecule has 0 radical (unpaired) electrons. The van der Waals surface area contributed by atoms with Crippen molar-refractivity contribution in [2.45, 2.75) is 13.8 Å². The van der Waals surface area contributed by atoms with Crippen molar-refractivity contribution in [3.8, 4) is 0 Å². The Bertz CT molecular complexity index is 1570. The number of ether oxygens (including phenoxy) is 2. The van der Waals surface area contributed by atoms with Crippen LogP contribution in [0.1, 0.15) is 11.1 Å². The van der Waals surface area contributed by atoms with Crippen LogP contribution in [0.4, 0.5) is 34.1 Å². The number of aliphatic imine (C=N–C) groups is 5. The Labute approximate surface area is 234 Å². The van der Waals surface area contributed by atoms with Gasteiger partial charge in [0.15, 0.2) is 0 Å². The molecule has 0 aromatic heterocycles. The van der Waals surface area contributed by atoms with Gasteiger partial charge < -0.3 is 14.8 Å². The smallest absolute Gasteiger partial charge is 0.294 e. The standard InChI is InChI=1S/C32H30N6O2/c1-24-14-16-28(20-30(24)36-23-33-26-10-6-4-7-11-26)34-22-35-29-17-15-25(2)31(21-29)38-32(40-19-18-39-3)37-27-12-8-5-9-13-27/h4-17,20-21H,18-19H2,1-3H3,(H,37,38). The fourth-order valence-electron chi connectivity index (χ4n) is 3.43. The molecule has 8 heteroatoms. The zero-order chi connectivity index (χ0) is 28.0. The lowest BCUT2D eigenvalue weighted by molar-refractivity contribution is 0.141. The third-order valence-electron chi connectivity index (χ3n) is 5.62. The minimum absolute atomic E-state index is 0.361. The Hall–Kier alpha value is -5.13. The Morgan fingerprint density at radius 2 is 1.23 bits per heavy atom. The molecule has 0 atom stereocenters. The highest BCUT2D eigenvalue weighted by molar-refractivity contribution is 5.91. The van der Waals surface area contributed by atoms with Crippen LogP contribution in [0.15, 0.2) is 122 Å². The van der Waals surface area contributed by atoms with E-state index in [2.05, 4.69) is 37.3 Å². The summed E-state index contributed by atoms with van der Waals surface area (Å²) in [6, 6.07) is 36.5. The monoisotopic (exact) mass is 530 g/mol. The van der Waals surface area contributed by atoms with Gasteiger partial charge in [0, 0.05) is 12.8 Å². The summed E-state index contributed by atoms with van der Waals surface area (Å²) in [6.45, 7) is 4.75. The number of anilines is 1. The quantitative estimate of drug-likeness (QED) is 0.134. The van der Waals surface area contributed by atoms with Gasteiger partial charge in [0.05, 0.1) is 35.0 Å². The molecule has 0 heterocycles. The molecule has 0 saturated heterocycles. The van der Waals surface area contributed by atoms with Crippen molar-refractivity contribution >= 4 is 52.2 Å². The SMILES string of the molecule is COCCOC(=Nc1cc(N=C=Nc2ccc(C)c(N=C=Nc3ccccc3)c2)ccc1C)Nc1ccccc1. The molecule has 200 valence electrons. The van der Waals surface area contributed by atoms with Crippen molar-refractivity contribution in [2.24, 2.45) is 25.0 Å². The summed E-state index contributed by atoms with van der Waals surface area (Å²) in [5.74, 6) is 0. The first kappa shape index (κ1) is 27.9. The van der Waals surface area contributed by atoms with Crippen LogP contribution in [0.5, 0.6) is 0 Å². The molecule has 40 heavy (non-hydrogen) atoms. The van der Waals surface area contributed by atoms with Crippen LogP contribution in [0.2, 0.25) is 0 Å². The van der Waals surface area contributed by atoms with Crippen molar-refractivity contribution in [2.75, 3.05) is 25.6 Å². The minimum atomic E-state index is 0.361. The molecule has 0 aliphatic heterocycles. The molecule has 8 nitrogen and oxygen atoms in total. The van der Waals surface area contributed by atoms with Crippen molar-refractivity contribution < 1.29 is 9.47 Å². The topological polar surface area (TPSA) is 92.3 Å². The Balaban J connectivity index is 1.53. The molecule has 0 unspecified atom stereocenters. The highest BCUT2D eigenvalue weighted by Crippen LogP contribution is 2.27. The molecule has 0 aliphatic carbocycles. The van der Waals surface area contributed by atoms with Crippen LogP contribution >= 0.6 is 0 Å². The molecule has 0 bridgehead atoms. The third kappa shape index (κ3) is 8.72. The second-order valence-electron chi connectivity index (χ2n) is 8.67. The van der Waals surface area contributed by atoms with Crippen molar-refractivity contribution in [3.63, 3.8) is 0 Å². The maximum absolute atomic E-state index is 5.83. The molecule has 4 rings (SSSR count). The van der Waals surface area contributed by atoms with E-state index < -0.39 is 0 Å². The lowest BCUT2D eigenvalue weighted by Crippen LogP contribution is -2.18. The average molecular weight is 531 g/mol. The van der Waals surface area contributed by atoms with Crippen LogP contribution in [0, 0.1) is 13.8 Å². The van der Waals surface area contributed by atoms with Crippen LogP contribution in [0.3, 0.4) is 0 Å². The lowest BCUT2D eigenvalue weighted by atomic mass is 10.2. The summed E-state index contributed by atoms with van der Waals surface area (Å²) in [5, 5.41) is 3.22. The van der Waals surface area contributed by atoms with E-state index in [1.165, 1.54) is 0 Å². The van der Waals surface area contributed by atoms with Gasteiger partial charge in [0.25, 0.3) is 6.02 Å². The van der Waals surface area contributed by atoms with E-state index in [-0.39, 0.29) is 0 Å².